The van der Waals surface area contributed by atoms with Gasteiger partial charge in [-0.05, 0) is 44.2 Å². The minimum absolute atomic E-state index is 0.149. The van der Waals surface area contributed by atoms with Crippen molar-refractivity contribution in [1.82, 2.24) is 4.98 Å². The molecule has 0 saturated heterocycles. The molecule has 0 spiro atoms. The van der Waals surface area contributed by atoms with Crippen LogP contribution in [0.5, 0.6) is 0 Å². The predicted molar refractivity (Wildman–Crippen MR) is 74.4 cm³/mol. The number of anilines is 1. The number of furan rings is 1. The molecule has 0 radical (unpaired) electrons. The van der Waals surface area contributed by atoms with Crippen LogP contribution < -0.4 is 5.32 Å². The number of H-pyrrole nitrogens is 1. The number of aryl methyl sites for hydroxylation is 2. The fourth-order valence-corrected chi connectivity index (χ4v) is 2.19. The van der Waals surface area contributed by atoms with Crippen LogP contribution in [0.1, 0.15) is 21.9 Å². The second kappa shape index (κ2) is 4.31. The molecule has 2 heterocycles. The number of rotatable bonds is 2. The average Bonchev–Trinajstić information content (AvgIpc) is 2.94. The van der Waals surface area contributed by atoms with E-state index < -0.39 is 0 Å². The molecule has 3 aromatic rings. The molecule has 0 bridgehead atoms. The van der Waals surface area contributed by atoms with E-state index in [-0.39, 0.29) is 5.91 Å². The normalized spacial score (nSPS) is 10.8. The van der Waals surface area contributed by atoms with Gasteiger partial charge < -0.3 is 14.7 Å². The first kappa shape index (κ1) is 11.6. The molecule has 0 aliphatic carbocycles. The molecule has 1 aromatic carbocycles. The first-order valence-corrected chi connectivity index (χ1v) is 6.09. The van der Waals surface area contributed by atoms with Crippen LogP contribution in [0, 0.1) is 13.8 Å². The Morgan fingerprint density at radius 2 is 2.05 bits per heavy atom. The van der Waals surface area contributed by atoms with E-state index in [2.05, 4.69) is 10.3 Å². The Bertz CT molecular complexity index is 752. The molecule has 0 saturated carbocycles. The van der Waals surface area contributed by atoms with Crippen LogP contribution in [-0.4, -0.2) is 10.9 Å². The third-order valence-electron chi connectivity index (χ3n) is 3.10. The van der Waals surface area contributed by atoms with Gasteiger partial charge >= 0.3 is 0 Å². The van der Waals surface area contributed by atoms with E-state index in [4.69, 9.17) is 4.42 Å². The quantitative estimate of drug-likeness (QED) is 0.733. The highest BCUT2D eigenvalue weighted by Gasteiger charge is 2.13. The predicted octanol–water partition coefficient (Wildman–Crippen LogP) is 3.63. The fourth-order valence-electron chi connectivity index (χ4n) is 2.19. The number of carbonyl (C=O) groups excluding carboxylic acids is 1. The lowest BCUT2D eigenvalue weighted by molar-refractivity contribution is 0.102. The maximum atomic E-state index is 12.1. The molecule has 96 valence electrons. The van der Waals surface area contributed by atoms with Crippen molar-refractivity contribution in [2.45, 2.75) is 13.8 Å². The number of carbonyl (C=O) groups is 1. The Hall–Kier alpha value is -2.49. The van der Waals surface area contributed by atoms with Crippen LogP contribution in [0.2, 0.25) is 0 Å². The van der Waals surface area contributed by atoms with Gasteiger partial charge in [-0.3, -0.25) is 4.79 Å². The van der Waals surface area contributed by atoms with Gasteiger partial charge in [0.05, 0.1) is 5.56 Å². The van der Waals surface area contributed by atoms with Crippen LogP contribution in [0.3, 0.4) is 0 Å². The van der Waals surface area contributed by atoms with Gasteiger partial charge in [-0.2, -0.15) is 0 Å². The van der Waals surface area contributed by atoms with Crippen LogP contribution in [0.15, 0.2) is 40.9 Å². The van der Waals surface area contributed by atoms with Crippen molar-refractivity contribution < 1.29 is 9.21 Å². The molecule has 4 heteroatoms. The summed E-state index contributed by atoms with van der Waals surface area (Å²) < 4.78 is 5.37. The fraction of sp³-hybridized carbons (Fsp3) is 0.133. The van der Waals surface area contributed by atoms with Crippen molar-refractivity contribution in [2.24, 2.45) is 0 Å². The number of aromatic amines is 1. The lowest BCUT2D eigenvalue weighted by atomic mass is 10.2. The average molecular weight is 254 g/mol. The van der Waals surface area contributed by atoms with Crippen LogP contribution in [0.25, 0.3) is 10.9 Å². The first-order chi connectivity index (χ1) is 9.13. The lowest BCUT2D eigenvalue weighted by Gasteiger charge is -2.04. The molecular formula is C15H14N2O2. The highest BCUT2D eigenvalue weighted by molar-refractivity contribution is 6.05. The van der Waals surface area contributed by atoms with Gasteiger partial charge in [0, 0.05) is 22.8 Å². The summed E-state index contributed by atoms with van der Waals surface area (Å²) in [6, 6.07) is 9.47. The molecule has 0 fully saturated rings. The van der Waals surface area contributed by atoms with E-state index in [0.717, 1.165) is 22.4 Å². The molecule has 2 N–H and O–H groups in total. The van der Waals surface area contributed by atoms with E-state index in [1.165, 1.54) is 0 Å². The zero-order valence-corrected chi connectivity index (χ0v) is 10.8. The maximum absolute atomic E-state index is 12.1. The van der Waals surface area contributed by atoms with Crippen molar-refractivity contribution in [3.63, 3.8) is 0 Å². The Morgan fingerprint density at radius 3 is 2.79 bits per heavy atom. The summed E-state index contributed by atoms with van der Waals surface area (Å²) in [5.74, 6) is 1.23. The second-order valence-corrected chi connectivity index (χ2v) is 4.56. The van der Waals surface area contributed by atoms with E-state index in [1.54, 1.807) is 13.0 Å². The molecule has 19 heavy (non-hydrogen) atoms. The minimum Gasteiger partial charge on any atom is -0.466 e. The van der Waals surface area contributed by atoms with Crippen molar-refractivity contribution in [3.8, 4) is 0 Å². The molecular weight excluding hydrogens is 240 g/mol. The van der Waals surface area contributed by atoms with E-state index in [1.807, 2.05) is 37.4 Å². The number of fused-ring (bicyclic) bond motifs is 1. The standard InChI is InChI=1S/C15H14N2O2/c1-9-7-13(10(2)19-9)15(18)17-12-3-4-14-11(8-12)5-6-16-14/h3-8,16H,1-2H3,(H,17,18). The molecule has 0 aliphatic heterocycles. The Morgan fingerprint density at radius 1 is 1.21 bits per heavy atom. The van der Waals surface area contributed by atoms with E-state index >= 15 is 0 Å². The van der Waals surface area contributed by atoms with Crippen molar-refractivity contribution in [3.05, 3.63) is 53.6 Å². The van der Waals surface area contributed by atoms with Gasteiger partial charge in [-0.15, -0.1) is 0 Å². The lowest BCUT2D eigenvalue weighted by Crippen LogP contribution is -2.11. The summed E-state index contributed by atoms with van der Waals surface area (Å²) in [6.07, 6.45) is 1.87. The van der Waals surface area contributed by atoms with Gasteiger partial charge in [0.1, 0.15) is 11.5 Å². The Balaban J connectivity index is 1.88. The van der Waals surface area contributed by atoms with E-state index in [0.29, 0.717) is 11.3 Å². The van der Waals surface area contributed by atoms with Crippen LogP contribution in [-0.2, 0) is 0 Å². The molecule has 2 aromatic heterocycles. The SMILES string of the molecule is Cc1cc(C(=O)Nc2ccc3[nH]ccc3c2)c(C)o1. The number of nitrogens with one attached hydrogen (secondary N) is 2. The second-order valence-electron chi connectivity index (χ2n) is 4.56. The molecule has 1 amide bonds. The number of benzene rings is 1. The number of hydrogen-bond acceptors (Lipinski definition) is 2. The minimum atomic E-state index is -0.149. The summed E-state index contributed by atoms with van der Waals surface area (Å²) in [5, 5.41) is 3.95. The van der Waals surface area contributed by atoms with Gasteiger partial charge in [-0.25, -0.2) is 0 Å². The Labute approximate surface area is 110 Å². The zero-order chi connectivity index (χ0) is 13.4. The Kier molecular flexibility index (Phi) is 2.63. The molecule has 3 rings (SSSR count). The van der Waals surface area contributed by atoms with E-state index in [9.17, 15) is 4.79 Å². The summed E-state index contributed by atoms with van der Waals surface area (Å²) in [7, 11) is 0. The zero-order valence-electron chi connectivity index (χ0n) is 10.8. The first-order valence-electron chi connectivity index (χ1n) is 6.09. The summed E-state index contributed by atoms with van der Waals surface area (Å²) in [6.45, 7) is 3.62. The molecule has 0 aliphatic rings. The topological polar surface area (TPSA) is 58.0 Å². The largest absolute Gasteiger partial charge is 0.466 e. The number of amides is 1. The summed E-state index contributed by atoms with van der Waals surface area (Å²) in [4.78, 5) is 15.3. The monoisotopic (exact) mass is 254 g/mol. The van der Waals surface area contributed by atoms with Gasteiger partial charge in [0.2, 0.25) is 0 Å². The molecule has 0 unspecified atom stereocenters. The van der Waals surface area contributed by atoms with Crippen LogP contribution >= 0.6 is 0 Å². The van der Waals surface area contributed by atoms with Gasteiger partial charge in [0.15, 0.2) is 0 Å². The molecule has 4 nitrogen and oxygen atoms in total. The van der Waals surface area contributed by atoms with Gasteiger partial charge in [-0.1, -0.05) is 0 Å². The van der Waals surface area contributed by atoms with Crippen molar-refractivity contribution in [1.29, 1.82) is 0 Å². The summed E-state index contributed by atoms with van der Waals surface area (Å²) >= 11 is 0. The third kappa shape index (κ3) is 2.12. The number of aromatic nitrogens is 1. The van der Waals surface area contributed by atoms with Crippen molar-refractivity contribution >= 4 is 22.5 Å². The highest BCUT2D eigenvalue weighted by Crippen LogP contribution is 2.20. The van der Waals surface area contributed by atoms with Crippen molar-refractivity contribution in [2.75, 3.05) is 5.32 Å². The smallest absolute Gasteiger partial charge is 0.259 e. The van der Waals surface area contributed by atoms with Gasteiger partial charge in [0.25, 0.3) is 5.91 Å². The third-order valence-corrected chi connectivity index (χ3v) is 3.10. The maximum Gasteiger partial charge on any atom is 0.259 e. The molecule has 0 atom stereocenters. The van der Waals surface area contributed by atoms with Crippen LogP contribution in [0.4, 0.5) is 5.69 Å². The highest BCUT2D eigenvalue weighted by atomic mass is 16.3. The summed E-state index contributed by atoms with van der Waals surface area (Å²) in [5.41, 5.74) is 2.40. The number of hydrogen-bond donors (Lipinski definition) is 2.